The average molecular weight is 441 g/mol. The fraction of sp³-hybridized carbons (Fsp3) is 1.00. The molecule has 172 valence electrons. The van der Waals surface area contributed by atoms with E-state index in [1.165, 1.54) is 68.4 Å². The molecule has 0 heterocycles. The first-order valence-electron chi connectivity index (χ1n) is 13.1. The lowest BCUT2D eigenvalue weighted by Gasteiger charge is -2.49. The number of hydrogen-bond acceptors (Lipinski definition) is 2. The van der Waals surface area contributed by atoms with Gasteiger partial charge in [0.2, 0.25) is 0 Å². The number of rotatable bonds is 12. The van der Waals surface area contributed by atoms with Gasteiger partial charge in [0, 0.05) is 12.7 Å². The molecule has 0 spiro atoms. The van der Waals surface area contributed by atoms with Gasteiger partial charge in [-0.05, 0) is 85.1 Å². The quantitative estimate of drug-likeness (QED) is 0.284. The summed E-state index contributed by atoms with van der Waals surface area (Å²) in [6, 6.07) is 7.66. The third-order valence-corrected chi connectivity index (χ3v) is 19.1. The highest BCUT2D eigenvalue weighted by Gasteiger charge is 2.54. The highest BCUT2D eigenvalue weighted by molar-refractivity contribution is 6.74. The zero-order valence-electron chi connectivity index (χ0n) is 21.1. The average Bonchev–Trinajstić information content (AvgIpc) is 3.11. The Labute approximate surface area is 185 Å². The minimum Gasteiger partial charge on any atom is -0.417 e. The molecule has 0 aromatic rings. The second kappa shape index (κ2) is 10.8. The van der Waals surface area contributed by atoms with Crippen molar-refractivity contribution in [3.63, 3.8) is 0 Å². The first-order chi connectivity index (χ1) is 13.8. The monoisotopic (exact) mass is 440 g/mol. The summed E-state index contributed by atoms with van der Waals surface area (Å²) in [5, 5.41) is 0. The molecule has 2 rings (SSSR count). The van der Waals surface area contributed by atoms with Crippen LogP contribution < -0.4 is 0 Å². The van der Waals surface area contributed by atoms with Crippen molar-refractivity contribution in [2.75, 3.05) is 6.61 Å². The molecule has 0 aliphatic heterocycles. The third kappa shape index (κ3) is 5.23. The largest absolute Gasteiger partial charge is 0.417 e. The molecule has 5 atom stereocenters. The lowest BCUT2D eigenvalue weighted by molar-refractivity contribution is -0.0243. The molecule has 2 nitrogen and oxygen atoms in total. The summed E-state index contributed by atoms with van der Waals surface area (Å²) in [4.78, 5) is 0. The Bertz CT molecular complexity index is 473. The van der Waals surface area contributed by atoms with Crippen molar-refractivity contribution >= 4 is 16.6 Å². The summed E-state index contributed by atoms with van der Waals surface area (Å²) >= 11 is 0. The van der Waals surface area contributed by atoms with Gasteiger partial charge in [0.1, 0.15) is 0 Å². The molecule has 4 heteroatoms. The Kier molecular flexibility index (Phi) is 9.52. The summed E-state index contributed by atoms with van der Waals surface area (Å²) < 4.78 is 13.9. The molecule has 0 saturated heterocycles. The van der Waals surface area contributed by atoms with Gasteiger partial charge in [-0.1, -0.05) is 61.8 Å². The van der Waals surface area contributed by atoms with Gasteiger partial charge in [-0.2, -0.15) is 0 Å². The van der Waals surface area contributed by atoms with Crippen LogP contribution in [-0.4, -0.2) is 29.3 Å². The molecule has 0 amide bonds. The molecule has 2 aliphatic carbocycles. The maximum Gasteiger partial charge on any atom is 0.192 e. The lowest BCUT2D eigenvalue weighted by Crippen LogP contribution is -2.49. The van der Waals surface area contributed by atoms with Crippen molar-refractivity contribution in [2.45, 2.75) is 130 Å². The Morgan fingerprint density at radius 3 is 1.90 bits per heavy atom. The van der Waals surface area contributed by atoms with E-state index in [4.69, 9.17) is 8.85 Å². The van der Waals surface area contributed by atoms with Gasteiger partial charge in [0.15, 0.2) is 16.6 Å². The van der Waals surface area contributed by atoms with E-state index in [1.807, 2.05) is 0 Å². The van der Waals surface area contributed by atoms with Crippen molar-refractivity contribution in [3.05, 3.63) is 0 Å². The van der Waals surface area contributed by atoms with Crippen molar-refractivity contribution in [3.8, 4) is 0 Å². The normalized spacial score (nSPS) is 31.7. The Balaban J connectivity index is 2.09. The van der Waals surface area contributed by atoms with E-state index < -0.39 is 16.6 Å². The summed E-state index contributed by atoms with van der Waals surface area (Å²) in [7, 11) is -3.00. The van der Waals surface area contributed by atoms with Crippen LogP contribution in [0.4, 0.5) is 0 Å². The third-order valence-electron chi connectivity index (χ3n) is 9.74. The van der Waals surface area contributed by atoms with Gasteiger partial charge < -0.3 is 8.85 Å². The zero-order valence-corrected chi connectivity index (χ0v) is 23.1. The minimum absolute atomic E-state index is 0.468. The van der Waals surface area contributed by atoms with Crippen LogP contribution in [0, 0.1) is 23.2 Å². The summed E-state index contributed by atoms with van der Waals surface area (Å²) in [6.07, 6.45) is 7.39. The SMILES string of the molecule is CC[Si](CC)(CC)OCC(C)C1CCC2C(O[Si](CC)(CC)CC)CCCC12C. The standard InChI is InChI=1S/C25H52O2Si2/c1-9-28(10-2,11-3)26-20-21(7)22-17-18-23-24(16-15-19-25(22,23)8)27-29(12-4,13-5)14-6/h21-24H,9-20H2,1-8H3. The van der Waals surface area contributed by atoms with E-state index in [1.54, 1.807) is 0 Å². The van der Waals surface area contributed by atoms with Gasteiger partial charge in [0.25, 0.3) is 0 Å². The van der Waals surface area contributed by atoms with Crippen molar-refractivity contribution < 1.29 is 8.85 Å². The molecule has 0 aromatic heterocycles. The summed E-state index contributed by atoms with van der Waals surface area (Å²) in [5.74, 6) is 2.29. The maximum atomic E-state index is 7.11. The molecular formula is C25H52O2Si2. The van der Waals surface area contributed by atoms with Gasteiger partial charge in [-0.15, -0.1) is 0 Å². The van der Waals surface area contributed by atoms with Gasteiger partial charge in [-0.25, -0.2) is 0 Å². The van der Waals surface area contributed by atoms with Gasteiger partial charge in [0.05, 0.1) is 0 Å². The van der Waals surface area contributed by atoms with Crippen LogP contribution >= 0.6 is 0 Å². The highest BCUT2D eigenvalue weighted by Crippen LogP contribution is 2.59. The van der Waals surface area contributed by atoms with Crippen LogP contribution in [0.25, 0.3) is 0 Å². The molecular weight excluding hydrogens is 388 g/mol. The molecule has 2 fully saturated rings. The van der Waals surface area contributed by atoms with Gasteiger partial charge in [-0.3, -0.25) is 0 Å². The molecule has 2 saturated carbocycles. The highest BCUT2D eigenvalue weighted by atomic mass is 28.4. The number of fused-ring (bicyclic) bond motifs is 1. The van der Waals surface area contributed by atoms with E-state index in [0.29, 0.717) is 17.4 Å². The van der Waals surface area contributed by atoms with Crippen molar-refractivity contribution in [2.24, 2.45) is 23.2 Å². The smallest absolute Gasteiger partial charge is 0.192 e. The van der Waals surface area contributed by atoms with Crippen LogP contribution in [0.3, 0.4) is 0 Å². The number of hydrogen-bond donors (Lipinski definition) is 0. The van der Waals surface area contributed by atoms with E-state index in [-0.39, 0.29) is 0 Å². The first kappa shape index (κ1) is 25.6. The first-order valence-corrected chi connectivity index (χ1v) is 18.2. The topological polar surface area (TPSA) is 18.5 Å². The molecule has 5 unspecified atom stereocenters. The molecule has 0 N–H and O–H groups in total. The second-order valence-electron chi connectivity index (χ2n) is 10.6. The lowest BCUT2D eigenvalue weighted by atomic mass is 9.62. The Hall–Kier alpha value is 0.354. The van der Waals surface area contributed by atoms with E-state index in [9.17, 15) is 0 Å². The summed E-state index contributed by atoms with van der Waals surface area (Å²) in [6.45, 7) is 20.3. The molecule has 0 aromatic carbocycles. The van der Waals surface area contributed by atoms with Crippen molar-refractivity contribution in [1.82, 2.24) is 0 Å². The molecule has 29 heavy (non-hydrogen) atoms. The maximum absolute atomic E-state index is 7.11. The minimum atomic E-state index is -1.52. The summed E-state index contributed by atoms with van der Waals surface area (Å²) in [5.41, 5.74) is 0.468. The Morgan fingerprint density at radius 2 is 1.38 bits per heavy atom. The van der Waals surface area contributed by atoms with Crippen LogP contribution in [-0.2, 0) is 8.85 Å². The fourth-order valence-corrected chi connectivity index (χ4v) is 12.7. The van der Waals surface area contributed by atoms with E-state index >= 15 is 0 Å². The second-order valence-corrected chi connectivity index (χ2v) is 20.1. The van der Waals surface area contributed by atoms with E-state index in [0.717, 1.165) is 18.4 Å². The van der Waals surface area contributed by atoms with Crippen LogP contribution in [0.1, 0.15) is 87.5 Å². The fourth-order valence-electron chi connectivity index (χ4n) is 7.04. The molecule has 2 aliphatic rings. The van der Waals surface area contributed by atoms with Gasteiger partial charge >= 0.3 is 0 Å². The predicted octanol–water partition coefficient (Wildman–Crippen LogP) is 8.25. The van der Waals surface area contributed by atoms with Crippen LogP contribution in [0.2, 0.25) is 36.3 Å². The predicted molar refractivity (Wildman–Crippen MR) is 133 cm³/mol. The van der Waals surface area contributed by atoms with Crippen LogP contribution in [0.5, 0.6) is 0 Å². The molecule has 0 radical (unpaired) electrons. The molecule has 0 bridgehead atoms. The van der Waals surface area contributed by atoms with Crippen LogP contribution in [0.15, 0.2) is 0 Å². The van der Waals surface area contributed by atoms with Crippen molar-refractivity contribution in [1.29, 1.82) is 0 Å². The Morgan fingerprint density at radius 1 is 0.828 bits per heavy atom. The van der Waals surface area contributed by atoms with E-state index in [2.05, 4.69) is 55.4 Å². The zero-order chi connectivity index (χ0) is 21.7.